The molecule has 0 heterocycles. The van der Waals surface area contributed by atoms with Crippen molar-refractivity contribution in [1.29, 1.82) is 0 Å². The second-order valence-electron chi connectivity index (χ2n) is 4.64. The molecule has 0 atom stereocenters. The van der Waals surface area contributed by atoms with E-state index >= 15 is 0 Å². The van der Waals surface area contributed by atoms with Crippen molar-refractivity contribution in [2.24, 2.45) is 0 Å². The van der Waals surface area contributed by atoms with Gasteiger partial charge in [0.1, 0.15) is 5.75 Å². The van der Waals surface area contributed by atoms with Crippen molar-refractivity contribution < 1.29 is 14.6 Å². The summed E-state index contributed by atoms with van der Waals surface area (Å²) >= 11 is 0. The summed E-state index contributed by atoms with van der Waals surface area (Å²) in [5, 5.41) is 8.92. The van der Waals surface area contributed by atoms with Crippen LogP contribution in [-0.2, 0) is 4.79 Å². The molecule has 0 amide bonds. The molecule has 0 aliphatic heterocycles. The van der Waals surface area contributed by atoms with Gasteiger partial charge in [0.15, 0.2) is 5.60 Å². The summed E-state index contributed by atoms with van der Waals surface area (Å²) in [7, 11) is 0. The predicted octanol–water partition coefficient (Wildman–Crippen LogP) is 3.05. The molecule has 88 valence electrons. The fourth-order valence-electron chi connectivity index (χ4n) is 1.26. The molecule has 1 rings (SSSR count). The summed E-state index contributed by atoms with van der Waals surface area (Å²) in [6, 6.07) is 7.52. The molecule has 0 spiro atoms. The van der Waals surface area contributed by atoms with Crippen LogP contribution in [0.15, 0.2) is 24.3 Å². The summed E-state index contributed by atoms with van der Waals surface area (Å²) in [6.07, 6.45) is 0. The first-order valence-electron chi connectivity index (χ1n) is 5.35. The van der Waals surface area contributed by atoms with Gasteiger partial charge in [-0.05, 0) is 37.5 Å². The third-order valence-electron chi connectivity index (χ3n) is 2.43. The standard InChI is InChI=1S/C13H18O3/c1-9(2)10-5-7-11(8-6-10)16-13(3,4)12(14)15/h5-9H,1-4H3,(H,14,15). The van der Waals surface area contributed by atoms with Gasteiger partial charge in [-0.15, -0.1) is 0 Å². The van der Waals surface area contributed by atoms with Gasteiger partial charge in [-0.2, -0.15) is 0 Å². The fourth-order valence-corrected chi connectivity index (χ4v) is 1.26. The van der Waals surface area contributed by atoms with Gasteiger partial charge < -0.3 is 9.84 Å². The molecule has 0 bridgehead atoms. The van der Waals surface area contributed by atoms with E-state index in [0.29, 0.717) is 11.7 Å². The Kier molecular flexibility index (Phi) is 3.58. The predicted molar refractivity (Wildman–Crippen MR) is 62.9 cm³/mol. The van der Waals surface area contributed by atoms with Gasteiger partial charge in [-0.25, -0.2) is 4.79 Å². The summed E-state index contributed by atoms with van der Waals surface area (Å²) in [6.45, 7) is 7.28. The van der Waals surface area contributed by atoms with E-state index in [-0.39, 0.29) is 0 Å². The zero-order valence-corrected chi connectivity index (χ0v) is 10.2. The largest absolute Gasteiger partial charge is 0.478 e. The average molecular weight is 222 g/mol. The molecule has 0 radical (unpaired) electrons. The van der Waals surface area contributed by atoms with E-state index in [4.69, 9.17) is 9.84 Å². The van der Waals surface area contributed by atoms with Crippen molar-refractivity contribution in [2.75, 3.05) is 0 Å². The van der Waals surface area contributed by atoms with Gasteiger partial charge in [0.05, 0.1) is 0 Å². The number of aliphatic carboxylic acids is 1. The molecule has 1 aromatic rings. The molecule has 3 nitrogen and oxygen atoms in total. The van der Waals surface area contributed by atoms with E-state index in [1.165, 1.54) is 19.4 Å². The van der Waals surface area contributed by atoms with Crippen molar-refractivity contribution >= 4 is 5.97 Å². The highest BCUT2D eigenvalue weighted by molar-refractivity contribution is 5.76. The lowest BCUT2D eigenvalue weighted by molar-refractivity contribution is -0.152. The maximum Gasteiger partial charge on any atom is 0.347 e. The number of hydrogen-bond acceptors (Lipinski definition) is 2. The van der Waals surface area contributed by atoms with Crippen LogP contribution in [0.3, 0.4) is 0 Å². The zero-order valence-electron chi connectivity index (χ0n) is 10.2. The Balaban J connectivity index is 2.80. The van der Waals surface area contributed by atoms with Gasteiger partial charge in [0.25, 0.3) is 0 Å². The number of benzene rings is 1. The minimum absolute atomic E-state index is 0.460. The molecule has 3 heteroatoms. The van der Waals surface area contributed by atoms with Crippen LogP contribution >= 0.6 is 0 Å². The maximum atomic E-state index is 10.9. The van der Waals surface area contributed by atoms with Gasteiger partial charge in [0.2, 0.25) is 0 Å². The summed E-state index contributed by atoms with van der Waals surface area (Å²) < 4.78 is 5.40. The van der Waals surface area contributed by atoms with E-state index in [2.05, 4.69) is 13.8 Å². The van der Waals surface area contributed by atoms with E-state index in [1.54, 1.807) is 12.1 Å². The minimum Gasteiger partial charge on any atom is -0.478 e. The molecule has 0 saturated heterocycles. The lowest BCUT2D eigenvalue weighted by Crippen LogP contribution is -2.37. The van der Waals surface area contributed by atoms with E-state index in [0.717, 1.165) is 0 Å². The lowest BCUT2D eigenvalue weighted by atomic mass is 10.0. The van der Waals surface area contributed by atoms with Crippen LogP contribution in [0.25, 0.3) is 0 Å². The first kappa shape index (κ1) is 12.6. The topological polar surface area (TPSA) is 46.5 Å². The highest BCUT2D eigenvalue weighted by atomic mass is 16.5. The van der Waals surface area contributed by atoms with Gasteiger partial charge in [-0.3, -0.25) is 0 Å². The van der Waals surface area contributed by atoms with Crippen LogP contribution in [0.2, 0.25) is 0 Å². The molecule has 0 aliphatic carbocycles. The smallest absolute Gasteiger partial charge is 0.347 e. The van der Waals surface area contributed by atoms with E-state index < -0.39 is 11.6 Å². The SMILES string of the molecule is CC(C)c1ccc(OC(C)(C)C(=O)O)cc1. The van der Waals surface area contributed by atoms with Crippen LogP contribution in [0.1, 0.15) is 39.2 Å². The third-order valence-corrected chi connectivity index (χ3v) is 2.43. The number of rotatable bonds is 4. The van der Waals surface area contributed by atoms with Crippen molar-refractivity contribution in [3.63, 3.8) is 0 Å². The molecule has 1 N–H and O–H groups in total. The Bertz CT molecular complexity index is 363. The first-order chi connectivity index (χ1) is 7.33. The Morgan fingerprint density at radius 1 is 1.25 bits per heavy atom. The van der Waals surface area contributed by atoms with Gasteiger partial charge >= 0.3 is 5.97 Å². The Hall–Kier alpha value is -1.51. The number of carboxylic acid groups (broad SMARTS) is 1. The van der Waals surface area contributed by atoms with Crippen molar-refractivity contribution in [3.05, 3.63) is 29.8 Å². The second-order valence-corrected chi connectivity index (χ2v) is 4.64. The molecular formula is C13H18O3. The highest BCUT2D eigenvalue weighted by Gasteiger charge is 2.29. The number of ether oxygens (including phenoxy) is 1. The molecular weight excluding hydrogens is 204 g/mol. The zero-order chi connectivity index (χ0) is 12.3. The summed E-state index contributed by atoms with van der Waals surface area (Å²) in [5.41, 5.74) is 0.0137. The molecule has 0 aliphatic rings. The molecule has 1 aromatic carbocycles. The quantitative estimate of drug-likeness (QED) is 0.851. The van der Waals surface area contributed by atoms with Gasteiger partial charge in [0, 0.05) is 0 Å². The second kappa shape index (κ2) is 4.56. The normalized spacial score (nSPS) is 11.6. The van der Waals surface area contributed by atoms with Crippen molar-refractivity contribution in [1.82, 2.24) is 0 Å². The Labute approximate surface area is 96.1 Å². The third kappa shape index (κ3) is 2.99. The number of hydrogen-bond donors (Lipinski definition) is 1. The van der Waals surface area contributed by atoms with E-state index in [9.17, 15) is 4.79 Å². The molecule has 16 heavy (non-hydrogen) atoms. The van der Waals surface area contributed by atoms with Crippen LogP contribution < -0.4 is 4.74 Å². The van der Waals surface area contributed by atoms with Crippen molar-refractivity contribution in [3.8, 4) is 5.75 Å². The monoisotopic (exact) mass is 222 g/mol. The minimum atomic E-state index is -1.20. The Morgan fingerprint density at radius 3 is 2.12 bits per heavy atom. The van der Waals surface area contributed by atoms with Crippen molar-refractivity contribution in [2.45, 2.75) is 39.2 Å². The maximum absolute atomic E-state index is 10.9. The lowest BCUT2D eigenvalue weighted by Gasteiger charge is -2.21. The molecule has 0 fully saturated rings. The average Bonchev–Trinajstić information content (AvgIpc) is 2.17. The fraction of sp³-hybridized carbons (Fsp3) is 0.462. The number of carboxylic acids is 1. The van der Waals surface area contributed by atoms with Crippen LogP contribution in [-0.4, -0.2) is 16.7 Å². The molecule has 0 unspecified atom stereocenters. The van der Waals surface area contributed by atoms with Crippen LogP contribution in [0, 0.1) is 0 Å². The summed E-state index contributed by atoms with van der Waals surface area (Å²) in [4.78, 5) is 10.9. The molecule has 0 aromatic heterocycles. The molecule has 0 saturated carbocycles. The van der Waals surface area contributed by atoms with Crippen LogP contribution in [0.5, 0.6) is 5.75 Å². The Morgan fingerprint density at radius 2 is 1.75 bits per heavy atom. The number of carbonyl (C=O) groups is 1. The van der Waals surface area contributed by atoms with Crippen LogP contribution in [0.4, 0.5) is 0 Å². The summed E-state index contributed by atoms with van der Waals surface area (Å²) in [5.74, 6) is 0.0683. The highest BCUT2D eigenvalue weighted by Crippen LogP contribution is 2.22. The van der Waals surface area contributed by atoms with E-state index in [1.807, 2.05) is 12.1 Å². The first-order valence-corrected chi connectivity index (χ1v) is 5.35. The van der Waals surface area contributed by atoms with Gasteiger partial charge in [-0.1, -0.05) is 26.0 Å².